The average molecular weight is 266 g/mol. The highest BCUT2D eigenvalue weighted by atomic mass is 16.5. The van der Waals surface area contributed by atoms with Crippen molar-refractivity contribution in [2.45, 2.75) is 13.5 Å². The number of hydrogen-bond acceptors (Lipinski definition) is 2. The SMILES string of the molecule is COCc1ccc(/C=C/c2ccc(C(C)=O)cc2)cc1. The van der Waals surface area contributed by atoms with Gasteiger partial charge in [0.2, 0.25) is 0 Å². The van der Waals surface area contributed by atoms with E-state index in [2.05, 4.69) is 30.3 Å². The van der Waals surface area contributed by atoms with E-state index in [-0.39, 0.29) is 5.78 Å². The quantitative estimate of drug-likeness (QED) is 0.598. The van der Waals surface area contributed by atoms with Gasteiger partial charge in [-0.05, 0) is 23.6 Å². The molecule has 2 rings (SSSR count). The largest absolute Gasteiger partial charge is 0.380 e. The van der Waals surface area contributed by atoms with Crippen LogP contribution < -0.4 is 0 Å². The van der Waals surface area contributed by atoms with E-state index >= 15 is 0 Å². The van der Waals surface area contributed by atoms with Gasteiger partial charge >= 0.3 is 0 Å². The van der Waals surface area contributed by atoms with Gasteiger partial charge in [0.15, 0.2) is 5.78 Å². The van der Waals surface area contributed by atoms with Crippen LogP contribution in [-0.4, -0.2) is 12.9 Å². The summed E-state index contributed by atoms with van der Waals surface area (Å²) in [5, 5.41) is 0. The predicted molar refractivity (Wildman–Crippen MR) is 82.5 cm³/mol. The number of Topliss-reactive ketones (excluding diaryl/α,β-unsaturated/α-hetero) is 1. The molecule has 0 radical (unpaired) electrons. The molecule has 0 aliphatic rings. The van der Waals surface area contributed by atoms with Crippen molar-refractivity contribution in [1.82, 2.24) is 0 Å². The lowest BCUT2D eigenvalue weighted by Crippen LogP contribution is -1.90. The summed E-state index contributed by atoms with van der Waals surface area (Å²) in [7, 11) is 1.69. The minimum absolute atomic E-state index is 0.0919. The van der Waals surface area contributed by atoms with Crippen LogP contribution in [0.4, 0.5) is 0 Å². The molecule has 2 aromatic rings. The zero-order valence-corrected chi connectivity index (χ0v) is 11.8. The van der Waals surface area contributed by atoms with Gasteiger partial charge in [-0.3, -0.25) is 4.79 Å². The number of methoxy groups -OCH3 is 1. The molecule has 0 fully saturated rings. The lowest BCUT2D eigenvalue weighted by molar-refractivity contribution is 0.101. The Kier molecular flexibility index (Phi) is 4.85. The van der Waals surface area contributed by atoms with Crippen LogP contribution in [0.25, 0.3) is 12.2 Å². The molecule has 2 nitrogen and oxygen atoms in total. The van der Waals surface area contributed by atoms with Crippen molar-refractivity contribution in [3.8, 4) is 0 Å². The smallest absolute Gasteiger partial charge is 0.159 e. The van der Waals surface area contributed by atoms with E-state index in [4.69, 9.17) is 4.74 Å². The van der Waals surface area contributed by atoms with Gasteiger partial charge in [-0.15, -0.1) is 0 Å². The van der Waals surface area contributed by atoms with Crippen LogP contribution in [0, 0.1) is 0 Å². The average Bonchev–Trinajstić information content (AvgIpc) is 2.47. The molecule has 0 amide bonds. The number of hydrogen-bond donors (Lipinski definition) is 0. The Morgan fingerprint density at radius 2 is 1.45 bits per heavy atom. The van der Waals surface area contributed by atoms with Crippen LogP contribution in [0.2, 0.25) is 0 Å². The first-order chi connectivity index (χ1) is 9.69. The minimum Gasteiger partial charge on any atom is -0.380 e. The molecule has 0 heterocycles. The monoisotopic (exact) mass is 266 g/mol. The summed E-state index contributed by atoms with van der Waals surface area (Å²) in [5.74, 6) is 0.0919. The molecule has 0 bridgehead atoms. The van der Waals surface area contributed by atoms with Crippen LogP contribution in [0.1, 0.15) is 34.0 Å². The van der Waals surface area contributed by atoms with Gasteiger partial charge in [-0.1, -0.05) is 60.7 Å². The van der Waals surface area contributed by atoms with E-state index in [1.807, 2.05) is 30.3 Å². The van der Waals surface area contributed by atoms with Crippen molar-refractivity contribution in [2.75, 3.05) is 7.11 Å². The standard InChI is InChI=1S/C18H18O2/c1-14(19)18-11-9-16(10-12-18)4-3-15-5-7-17(8-6-15)13-20-2/h3-12H,13H2,1-2H3/b4-3+. The van der Waals surface area contributed by atoms with Gasteiger partial charge in [-0.25, -0.2) is 0 Å². The molecular formula is C18H18O2. The highest BCUT2D eigenvalue weighted by Crippen LogP contribution is 2.11. The fourth-order valence-corrected chi connectivity index (χ4v) is 1.91. The van der Waals surface area contributed by atoms with E-state index in [0.29, 0.717) is 6.61 Å². The Morgan fingerprint density at radius 1 is 0.950 bits per heavy atom. The third-order valence-corrected chi connectivity index (χ3v) is 3.08. The molecule has 0 saturated carbocycles. The zero-order valence-electron chi connectivity index (χ0n) is 11.8. The first kappa shape index (κ1) is 14.2. The highest BCUT2D eigenvalue weighted by Gasteiger charge is 1.97. The fraction of sp³-hybridized carbons (Fsp3) is 0.167. The summed E-state index contributed by atoms with van der Waals surface area (Å²) in [6.45, 7) is 2.21. The Hall–Kier alpha value is -2.19. The van der Waals surface area contributed by atoms with E-state index in [1.54, 1.807) is 14.0 Å². The van der Waals surface area contributed by atoms with Crippen LogP contribution in [0.15, 0.2) is 48.5 Å². The molecule has 2 heteroatoms. The molecule has 20 heavy (non-hydrogen) atoms. The lowest BCUT2D eigenvalue weighted by Gasteiger charge is -2.00. The molecule has 0 saturated heterocycles. The van der Waals surface area contributed by atoms with E-state index in [0.717, 1.165) is 22.3 Å². The normalized spacial score (nSPS) is 10.9. The first-order valence-corrected chi connectivity index (χ1v) is 6.56. The Morgan fingerprint density at radius 3 is 1.90 bits per heavy atom. The Labute approximate surface area is 119 Å². The topological polar surface area (TPSA) is 26.3 Å². The second-order valence-corrected chi connectivity index (χ2v) is 4.69. The second-order valence-electron chi connectivity index (χ2n) is 4.69. The summed E-state index contributed by atoms with van der Waals surface area (Å²) in [6, 6.07) is 15.8. The van der Waals surface area contributed by atoms with Crippen molar-refractivity contribution in [3.05, 3.63) is 70.8 Å². The van der Waals surface area contributed by atoms with Gasteiger partial charge in [-0.2, -0.15) is 0 Å². The number of carbonyl (C=O) groups is 1. The minimum atomic E-state index is 0.0919. The maximum absolute atomic E-state index is 11.2. The molecule has 0 unspecified atom stereocenters. The van der Waals surface area contributed by atoms with Gasteiger partial charge in [0.05, 0.1) is 6.61 Å². The Bertz CT molecular complexity index is 592. The molecule has 0 atom stereocenters. The van der Waals surface area contributed by atoms with Crippen LogP contribution in [0.3, 0.4) is 0 Å². The lowest BCUT2D eigenvalue weighted by atomic mass is 10.1. The van der Waals surface area contributed by atoms with Gasteiger partial charge in [0, 0.05) is 12.7 Å². The van der Waals surface area contributed by atoms with Crippen molar-refractivity contribution < 1.29 is 9.53 Å². The molecule has 0 aliphatic heterocycles. The Balaban J connectivity index is 2.06. The molecule has 102 valence electrons. The van der Waals surface area contributed by atoms with E-state index in [9.17, 15) is 4.79 Å². The van der Waals surface area contributed by atoms with Gasteiger partial charge in [0.25, 0.3) is 0 Å². The zero-order chi connectivity index (χ0) is 14.4. The van der Waals surface area contributed by atoms with Crippen LogP contribution in [-0.2, 0) is 11.3 Å². The van der Waals surface area contributed by atoms with Crippen molar-refractivity contribution in [2.24, 2.45) is 0 Å². The third kappa shape index (κ3) is 3.90. The summed E-state index contributed by atoms with van der Waals surface area (Å²) >= 11 is 0. The summed E-state index contributed by atoms with van der Waals surface area (Å²) in [6.07, 6.45) is 4.09. The van der Waals surface area contributed by atoms with Crippen molar-refractivity contribution in [1.29, 1.82) is 0 Å². The number of benzene rings is 2. The second kappa shape index (κ2) is 6.83. The summed E-state index contributed by atoms with van der Waals surface area (Å²) in [5.41, 5.74) is 4.12. The number of rotatable bonds is 5. The summed E-state index contributed by atoms with van der Waals surface area (Å²) in [4.78, 5) is 11.2. The number of ketones is 1. The van der Waals surface area contributed by atoms with Gasteiger partial charge in [0.1, 0.15) is 0 Å². The first-order valence-electron chi connectivity index (χ1n) is 6.56. The molecule has 0 N–H and O–H groups in total. The molecule has 2 aromatic carbocycles. The summed E-state index contributed by atoms with van der Waals surface area (Å²) < 4.78 is 5.08. The van der Waals surface area contributed by atoms with Crippen LogP contribution >= 0.6 is 0 Å². The van der Waals surface area contributed by atoms with Crippen molar-refractivity contribution in [3.63, 3.8) is 0 Å². The van der Waals surface area contributed by atoms with E-state index in [1.165, 1.54) is 0 Å². The molecule has 0 spiro atoms. The van der Waals surface area contributed by atoms with Crippen molar-refractivity contribution >= 4 is 17.9 Å². The molecule has 0 aliphatic carbocycles. The fourth-order valence-electron chi connectivity index (χ4n) is 1.91. The number of ether oxygens (including phenoxy) is 1. The van der Waals surface area contributed by atoms with Gasteiger partial charge < -0.3 is 4.74 Å². The predicted octanol–water partition coefficient (Wildman–Crippen LogP) is 4.21. The highest BCUT2D eigenvalue weighted by molar-refractivity contribution is 5.94. The molecule has 0 aromatic heterocycles. The van der Waals surface area contributed by atoms with Crippen LogP contribution in [0.5, 0.6) is 0 Å². The number of carbonyl (C=O) groups excluding carboxylic acids is 1. The van der Waals surface area contributed by atoms with E-state index < -0.39 is 0 Å². The molecular weight excluding hydrogens is 248 g/mol. The third-order valence-electron chi connectivity index (χ3n) is 3.08. The maximum atomic E-state index is 11.2. The maximum Gasteiger partial charge on any atom is 0.159 e.